The van der Waals surface area contributed by atoms with Gasteiger partial charge in [-0.05, 0) is 44.4 Å². The van der Waals surface area contributed by atoms with E-state index < -0.39 is 11.9 Å². The number of aromatic nitrogens is 3. The number of nitrogens with zero attached hydrogens (tertiary/aromatic N) is 5. The molecule has 5 rings (SSSR count). The Kier molecular flexibility index (Phi) is 9.79. The van der Waals surface area contributed by atoms with Crippen LogP contribution in [0.3, 0.4) is 0 Å². The Morgan fingerprint density at radius 2 is 1.83 bits per heavy atom. The lowest BCUT2D eigenvalue weighted by Crippen LogP contribution is -2.38. The molecule has 1 aromatic carbocycles. The fourth-order valence-electron chi connectivity index (χ4n) is 5.30. The summed E-state index contributed by atoms with van der Waals surface area (Å²) < 4.78 is 10.9. The zero-order valence-electron chi connectivity index (χ0n) is 23.3. The molecular weight excluding hydrogens is 603 g/mol. The lowest BCUT2D eigenvalue weighted by atomic mass is 9.97. The van der Waals surface area contributed by atoms with Crippen molar-refractivity contribution in [1.29, 1.82) is 0 Å². The van der Waals surface area contributed by atoms with Crippen LogP contribution >= 0.6 is 34.5 Å². The second kappa shape index (κ2) is 13.5. The number of halogens is 2. The van der Waals surface area contributed by atoms with Crippen LogP contribution in [0, 0.1) is 5.92 Å². The van der Waals surface area contributed by atoms with Crippen molar-refractivity contribution in [1.82, 2.24) is 19.9 Å². The van der Waals surface area contributed by atoms with Gasteiger partial charge < -0.3 is 19.5 Å². The van der Waals surface area contributed by atoms with E-state index in [1.165, 1.54) is 24.6 Å². The first-order valence-electron chi connectivity index (χ1n) is 13.6. The van der Waals surface area contributed by atoms with E-state index in [4.69, 9.17) is 37.7 Å². The van der Waals surface area contributed by atoms with E-state index in [2.05, 4.69) is 20.2 Å². The second-order valence-electron chi connectivity index (χ2n) is 10.3. The number of amides is 1. The van der Waals surface area contributed by atoms with Crippen LogP contribution < -0.4 is 15.0 Å². The standard InChI is InChI=1S/C28H32Cl2N6O5S/c1-40-18-4-3-7-35(14-18)15-22-24(17-10-19(29)25(41-2)20(30)11-17)33-28(42-22)34-26(37)21-12-32-23(13-31-21)36-8-5-16(6-9-36)27(38)39/h10-13,16,18H,3-9,14-15H2,1-2H3,(H,38,39)(H,33,34,37)/t18-/m0/s1. The van der Waals surface area contributed by atoms with Gasteiger partial charge in [0.1, 0.15) is 11.5 Å². The number of carboxylic acid groups (broad SMARTS) is 1. The van der Waals surface area contributed by atoms with Crippen molar-refractivity contribution in [3.63, 3.8) is 0 Å². The molecule has 0 aliphatic carbocycles. The SMILES string of the molecule is COc1c(Cl)cc(-c2nc(NC(=O)c3cnc(N4CCC(C(=O)O)CC4)cn3)sc2CN2CCC[C@H](OC)C2)cc1Cl. The highest BCUT2D eigenvalue weighted by atomic mass is 35.5. The van der Waals surface area contributed by atoms with Crippen molar-refractivity contribution in [2.75, 3.05) is 50.6 Å². The van der Waals surface area contributed by atoms with Gasteiger partial charge in [-0.2, -0.15) is 0 Å². The van der Waals surface area contributed by atoms with Crippen molar-refractivity contribution in [2.45, 2.75) is 38.3 Å². The van der Waals surface area contributed by atoms with Crippen molar-refractivity contribution >= 4 is 57.4 Å². The van der Waals surface area contributed by atoms with Gasteiger partial charge in [0, 0.05) is 43.7 Å². The van der Waals surface area contributed by atoms with Crippen LogP contribution in [-0.2, 0) is 16.1 Å². The predicted molar refractivity (Wildman–Crippen MR) is 162 cm³/mol. The number of ether oxygens (including phenoxy) is 2. The van der Waals surface area contributed by atoms with Gasteiger partial charge in [-0.15, -0.1) is 0 Å². The Bertz CT molecular complexity index is 1410. The van der Waals surface area contributed by atoms with Gasteiger partial charge >= 0.3 is 5.97 Å². The van der Waals surface area contributed by atoms with E-state index in [0.717, 1.165) is 30.8 Å². The van der Waals surface area contributed by atoms with Crippen molar-refractivity contribution < 1.29 is 24.2 Å². The average molecular weight is 636 g/mol. The van der Waals surface area contributed by atoms with Crippen molar-refractivity contribution in [3.8, 4) is 17.0 Å². The van der Waals surface area contributed by atoms with Gasteiger partial charge in [0.2, 0.25) is 0 Å². The van der Waals surface area contributed by atoms with Gasteiger partial charge in [-0.25, -0.2) is 15.0 Å². The van der Waals surface area contributed by atoms with E-state index in [9.17, 15) is 14.7 Å². The maximum atomic E-state index is 13.1. The number of nitrogens with one attached hydrogen (secondary N) is 1. The number of hydrogen-bond acceptors (Lipinski definition) is 10. The average Bonchev–Trinajstić information content (AvgIpc) is 3.38. The Balaban J connectivity index is 1.34. The highest BCUT2D eigenvalue weighted by Crippen LogP contribution is 2.40. The molecule has 3 aromatic rings. The molecule has 2 aliphatic heterocycles. The third-order valence-corrected chi connectivity index (χ3v) is 9.11. The molecule has 1 amide bonds. The second-order valence-corrected chi connectivity index (χ2v) is 12.2. The Labute approximate surface area is 257 Å². The van der Waals surface area contributed by atoms with Gasteiger partial charge in [0.15, 0.2) is 10.9 Å². The number of anilines is 2. The van der Waals surface area contributed by atoms with E-state index in [1.54, 1.807) is 25.4 Å². The summed E-state index contributed by atoms with van der Waals surface area (Å²) in [7, 11) is 3.24. The lowest BCUT2D eigenvalue weighted by Gasteiger charge is -2.31. The third-order valence-electron chi connectivity index (χ3n) is 7.60. The van der Waals surface area contributed by atoms with Crippen molar-refractivity contribution in [3.05, 3.63) is 45.1 Å². The lowest BCUT2D eigenvalue weighted by molar-refractivity contribution is -0.142. The molecule has 0 unspecified atom stereocenters. The smallest absolute Gasteiger partial charge is 0.306 e. The summed E-state index contributed by atoms with van der Waals surface area (Å²) in [5, 5.41) is 13.2. The minimum absolute atomic E-state index is 0.145. The quantitative estimate of drug-likeness (QED) is 0.328. The van der Waals surface area contributed by atoms with E-state index in [-0.39, 0.29) is 17.7 Å². The van der Waals surface area contributed by atoms with Crippen molar-refractivity contribution in [2.24, 2.45) is 5.92 Å². The molecular formula is C28H32Cl2N6O5S. The van der Waals surface area contributed by atoms with E-state index in [0.29, 0.717) is 70.5 Å². The normalized spacial score (nSPS) is 18.2. The van der Waals surface area contributed by atoms with Crippen LogP contribution in [0.5, 0.6) is 5.75 Å². The zero-order chi connectivity index (χ0) is 29.8. The summed E-state index contributed by atoms with van der Waals surface area (Å²) in [4.78, 5) is 43.1. The summed E-state index contributed by atoms with van der Waals surface area (Å²) in [5.74, 6) is -0.546. The number of piperidine rings is 2. The summed E-state index contributed by atoms with van der Waals surface area (Å²) in [6.07, 6.45) is 6.27. The highest BCUT2D eigenvalue weighted by molar-refractivity contribution is 7.16. The van der Waals surface area contributed by atoms with Gasteiger partial charge in [0.05, 0.1) is 47.3 Å². The van der Waals surface area contributed by atoms with Gasteiger partial charge in [-0.3, -0.25) is 19.8 Å². The summed E-state index contributed by atoms with van der Waals surface area (Å²) in [6, 6.07) is 3.52. The molecule has 0 saturated carbocycles. The number of rotatable bonds is 9. The Morgan fingerprint density at radius 3 is 2.45 bits per heavy atom. The summed E-state index contributed by atoms with van der Waals surface area (Å²) in [6.45, 7) is 3.50. The van der Waals surface area contributed by atoms with Crippen LogP contribution in [0.4, 0.5) is 10.9 Å². The van der Waals surface area contributed by atoms with Gasteiger partial charge in [-0.1, -0.05) is 34.5 Å². The number of benzene rings is 1. The summed E-state index contributed by atoms with van der Waals surface area (Å²) in [5.41, 5.74) is 1.54. The van der Waals surface area contributed by atoms with Crippen LogP contribution in [0.25, 0.3) is 11.3 Å². The fraction of sp³-hybridized carbons (Fsp3) is 0.464. The number of aliphatic carboxylic acids is 1. The number of hydrogen-bond donors (Lipinski definition) is 2. The molecule has 2 N–H and O–H groups in total. The fourth-order valence-corrected chi connectivity index (χ4v) is 6.96. The number of carboxylic acids is 1. The molecule has 0 bridgehead atoms. The van der Waals surface area contributed by atoms with Gasteiger partial charge in [0.25, 0.3) is 5.91 Å². The number of methoxy groups -OCH3 is 2. The highest BCUT2D eigenvalue weighted by Gasteiger charge is 2.26. The van der Waals surface area contributed by atoms with Crippen LogP contribution in [0.15, 0.2) is 24.5 Å². The maximum Gasteiger partial charge on any atom is 0.306 e. The van der Waals surface area contributed by atoms with Crippen LogP contribution in [0.2, 0.25) is 10.0 Å². The first-order chi connectivity index (χ1) is 20.2. The zero-order valence-corrected chi connectivity index (χ0v) is 25.6. The molecule has 11 nitrogen and oxygen atoms in total. The Morgan fingerprint density at radius 1 is 1.10 bits per heavy atom. The maximum absolute atomic E-state index is 13.1. The molecule has 2 aliphatic rings. The molecule has 1 atom stereocenters. The number of thiazole rings is 1. The number of carbonyl (C=O) groups excluding carboxylic acids is 1. The first kappa shape index (κ1) is 30.4. The monoisotopic (exact) mass is 634 g/mol. The number of likely N-dealkylation sites (tertiary alicyclic amines) is 1. The largest absolute Gasteiger partial charge is 0.494 e. The molecule has 0 radical (unpaired) electrons. The van der Waals surface area contributed by atoms with E-state index in [1.807, 2.05) is 4.90 Å². The molecule has 42 heavy (non-hydrogen) atoms. The molecule has 2 aromatic heterocycles. The van der Waals surface area contributed by atoms with E-state index >= 15 is 0 Å². The molecule has 2 fully saturated rings. The topological polar surface area (TPSA) is 130 Å². The minimum Gasteiger partial charge on any atom is -0.494 e. The summed E-state index contributed by atoms with van der Waals surface area (Å²) >= 11 is 14.3. The molecule has 224 valence electrons. The minimum atomic E-state index is -0.769. The number of carbonyl (C=O) groups is 2. The predicted octanol–water partition coefficient (Wildman–Crippen LogP) is 5.08. The first-order valence-corrected chi connectivity index (χ1v) is 15.2. The molecule has 4 heterocycles. The van der Waals surface area contributed by atoms with Crippen LogP contribution in [0.1, 0.15) is 41.0 Å². The van der Waals surface area contributed by atoms with Crippen LogP contribution in [-0.4, -0.2) is 83.3 Å². The third kappa shape index (κ3) is 6.95. The Hall–Kier alpha value is -3.03. The molecule has 2 saturated heterocycles. The molecule has 0 spiro atoms. The molecule has 14 heteroatoms.